The molecule has 1 unspecified atom stereocenters. The van der Waals surface area contributed by atoms with Crippen LogP contribution in [0.3, 0.4) is 0 Å². The molecule has 3 rings (SSSR count). The van der Waals surface area contributed by atoms with E-state index in [1.807, 2.05) is 0 Å². The van der Waals surface area contributed by atoms with E-state index in [-0.39, 0.29) is 17.5 Å². The number of nitrogens with one attached hydrogen (secondary N) is 1. The number of ether oxygens (including phenoxy) is 4. The SMILES string of the molecule is COC1(O)N=C(N)Nc2c1ncn2[C@@H]1O[C@H](CO)[C@@H](OC(C)=O)[C@H]1OC(C)=O. The van der Waals surface area contributed by atoms with Gasteiger partial charge in [-0.25, -0.2) is 4.98 Å². The van der Waals surface area contributed by atoms with Crippen molar-refractivity contribution in [1.29, 1.82) is 0 Å². The van der Waals surface area contributed by atoms with Gasteiger partial charge in [-0.15, -0.1) is 0 Å². The van der Waals surface area contributed by atoms with Gasteiger partial charge in [-0.2, -0.15) is 4.99 Å². The van der Waals surface area contributed by atoms with Crippen LogP contribution in [-0.4, -0.2) is 69.7 Å². The molecule has 5 N–H and O–H groups in total. The second kappa shape index (κ2) is 7.35. The molecule has 13 nitrogen and oxygen atoms in total. The van der Waals surface area contributed by atoms with Crippen LogP contribution in [0.15, 0.2) is 11.3 Å². The molecule has 0 aromatic carbocycles. The number of guanidine groups is 1. The highest BCUT2D eigenvalue weighted by molar-refractivity contribution is 5.94. The maximum atomic E-state index is 11.6. The van der Waals surface area contributed by atoms with Gasteiger partial charge in [-0.1, -0.05) is 0 Å². The number of carbonyl (C=O) groups excluding carboxylic acids is 2. The maximum absolute atomic E-state index is 11.6. The minimum Gasteiger partial charge on any atom is -0.456 e. The Morgan fingerprint density at radius 1 is 1.36 bits per heavy atom. The van der Waals surface area contributed by atoms with E-state index in [0.29, 0.717) is 0 Å². The number of anilines is 1. The van der Waals surface area contributed by atoms with Crippen molar-refractivity contribution in [2.45, 2.75) is 44.3 Å². The topological polar surface area (TPSA) is 180 Å². The van der Waals surface area contributed by atoms with Crippen molar-refractivity contribution in [1.82, 2.24) is 9.55 Å². The van der Waals surface area contributed by atoms with Gasteiger partial charge >= 0.3 is 17.8 Å². The molecule has 2 aliphatic heterocycles. The summed E-state index contributed by atoms with van der Waals surface area (Å²) in [5.41, 5.74) is 5.70. The van der Waals surface area contributed by atoms with Gasteiger partial charge in [0.1, 0.15) is 11.9 Å². The number of fused-ring (bicyclic) bond motifs is 1. The summed E-state index contributed by atoms with van der Waals surface area (Å²) in [5.74, 6) is -3.40. The Labute approximate surface area is 159 Å². The standard InChI is InChI=1S/C15H21N5O8/c1-6(22)26-9-8(4-21)28-13(10(9)27-7(2)23)20-5-17-11-12(20)18-14(16)19-15(11,24)25-3/h5,8-10,13,21,24H,4H2,1-3H3,(H3,16,18,19)/t8-,9-,10-,13-,15?/m1/s1. The third kappa shape index (κ3) is 3.40. The number of rotatable bonds is 5. The van der Waals surface area contributed by atoms with Crippen molar-refractivity contribution >= 4 is 23.7 Å². The number of hydrogen-bond acceptors (Lipinski definition) is 12. The van der Waals surface area contributed by atoms with Crippen LogP contribution in [0.25, 0.3) is 0 Å². The smallest absolute Gasteiger partial charge is 0.319 e. The van der Waals surface area contributed by atoms with Gasteiger partial charge in [0.25, 0.3) is 0 Å². The van der Waals surface area contributed by atoms with Crippen molar-refractivity contribution in [2.24, 2.45) is 10.7 Å². The van der Waals surface area contributed by atoms with Gasteiger partial charge in [0.05, 0.1) is 12.9 Å². The first-order valence-electron chi connectivity index (χ1n) is 8.28. The molecule has 0 saturated carbocycles. The molecule has 2 aliphatic rings. The molecule has 0 radical (unpaired) electrons. The molecule has 0 aliphatic carbocycles. The summed E-state index contributed by atoms with van der Waals surface area (Å²) < 4.78 is 22.6. The third-order valence-electron chi connectivity index (χ3n) is 4.25. The number of aliphatic hydroxyl groups is 2. The zero-order valence-corrected chi connectivity index (χ0v) is 15.4. The number of aromatic nitrogens is 2. The fraction of sp³-hybridized carbons (Fsp3) is 0.600. The quantitative estimate of drug-likeness (QED) is 0.321. The predicted molar refractivity (Wildman–Crippen MR) is 90.5 cm³/mol. The van der Waals surface area contributed by atoms with E-state index in [9.17, 15) is 19.8 Å². The summed E-state index contributed by atoms with van der Waals surface area (Å²) in [4.78, 5) is 30.9. The van der Waals surface area contributed by atoms with Crippen molar-refractivity contribution < 1.29 is 38.7 Å². The maximum Gasteiger partial charge on any atom is 0.319 e. The zero-order valence-electron chi connectivity index (χ0n) is 15.4. The van der Waals surface area contributed by atoms with Crippen molar-refractivity contribution in [3.8, 4) is 0 Å². The first kappa shape index (κ1) is 20.0. The lowest BCUT2D eigenvalue weighted by Crippen LogP contribution is -2.41. The first-order chi connectivity index (χ1) is 13.2. The highest BCUT2D eigenvalue weighted by Crippen LogP contribution is 2.40. The number of aliphatic hydroxyl groups excluding tert-OH is 1. The first-order valence-corrected chi connectivity index (χ1v) is 8.28. The molecule has 1 fully saturated rings. The van der Waals surface area contributed by atoms with Crippen LogP contribution in [0, 0.1) is 0 Å². The van der Waals surface area contributed by atoms with E-state index in [4.69, 9.17) is 24.7 Å². The average molecular weight is 399 g/mol. The Bertz CT molecular complexity index is 810. The number of imidazole rings is 1. The summed E-state index contributed by atoms with van der Waals surface area (Å²) in [5, 5.41) is 22.9. The molecular formula is C15H21N5O8. The second-order valence-electron chi connectivity index (χ2n) is 6.18. The number of hydrogen-bond donors (Lipinski definition) is 4. The largest absolute Gasteiger partial charge is 0.456 e. The molecule has 0 spiro atoms. The molecule has 28 heavy (non-hydrogen) atoms. The van der Waals surface area contributed by atoms with Gasteiger partial charge in [-0.05, 0) is 0 Å². The molecule has 1 aromatic heterocycles. The molecule has 0 bridgehead atoms. The normalized spacial score (nSPS) is 31.5. The van der Waals surface area contributed by atoms with Crippen molar-refractivity contribution in [2.75, 3.05) is 19.0 Å². The minimum absolute atomic E-state index is 0.00846. The van der Waals surface area contributed by atoms with Gasteiger partial charge < -0.3 is 40.2 Å². The highest BCUT2D eigenvalue weighted by Gasteiger charge is 2.51. The summed E-state index contributed by atoms with van der Waals surface area (Å²) in [6.45, 7) is 1.87. The van der Waals surface area contributed by atoms with Crippen LogP contribution in [0.4, 0.5) is 5.82 Å². The lowest BCUT2D eigenvalue weighted by Gasteiger charge is -2.28. The lowest BCUT2D eigenvalue weighted by molar-refractivity contribution is -0.189. The minimum atomic E-state index is -2.13. The van der Waals surface area contributed by atoms with Crippen LogP contribution >= 0.6 is 0 Å². The van der Waals surface area contributed by atoms with E-state index in [1.54, 1.807) is 0 Å². The Balaban J connectivity index is 2.03. The van der Waals surface area contributed by atoms with E-state index in [0.717, 1.165) is 0 Å². The van der Waals surface area contributed by atoms with Crippen LogP contribution in [0.1, 0.15) is 25.8 Å². The summed E-state index contributed by atoms with van der Waals surface area (Å²) in [7, 11) is 1.22. The van der Waals surface area contributed by atoms with Gasteiger partial charge in [0.15, 0.2) is 30.1 Å². The van der Waals surface area contributed by atoms with E-state index in [2.05, 4.69) is 15.3 Å². The summed E-state index contributed by atoms with van der Waals surface area (Å²) >= 11 is 0. The van der Waals surface area contributed by atoms with E-state index < -0.39 is 49.0 Å². The molecule has 0 amide bonds. The summed E-state index contributed by atoms with van der Waals surface area (Å²) in [6, 6.07) is 0. The number of methoxy groups -OCH3 is 1. The fourth-order valence-corrected chi connectivity index (χ4v) is 3.15. The Morgan fingerprint density at radius 3 is 2.57 bits per heavy atom. The predicted octanol–water partition coefficient (Wildman–Crippen LogP) is -1.87. The number of nitrogens with two attached hydrogens (primary N) is 1. The number of esters is 2. The Hall–Kier alpha value is -2.74. The van der Waals surface area contributed by atoms with E-state index in [1.165, 1.54) is 31.9 Å². The van der Waals surface area contributed by atoms with Crippen molar-refractivity contribution in [3.05, 3.63) is 12.0 Å². The molecule has 154 valence electrons. The fourth-order valence-electron chi connectivity index (χ4n) is 3.15. The van der Waals surface area contributed by atoms with Gasteiger partial charge in [-0.3, -0.25) is 14.2 Å². The molecule has 13 heteroatoms. The van der Waals surface area contributed by atoms with Crippen LogP contribution < -0.4 is 11.1 Å². The average Bonchev–Trinajstić information content (AvgIpc) is 3.16. The number of carbonyl (C=O) groups is 2. The third-order valence-corrected chi connectivity index (χ3v) is 4.25. The highest BCUT2D eigenvalue weighted by atomic mass is 16.7. The summed E-state index contributed by atoms with van der Waals surface area (Å²) in [6.07, 6.45) is -2.91. The molecular weight excluding hydrogens is 378 g/mol. The lowest BCUT2D eigenvalue weighted by atomic mass is 10.1. The monoisotopic (exact) mass is 399 g/mol. The molecule has 5 atom stereocenters. The zero-order chi connectivity index (χ0) is 20.6. The van der Waals surface area contributed by atoms with Crippen LogP contribution in [0.5, 0.6) is 0 Å². The molecule has 1 aromatic rings. The van der Waals surface area contributed by atoms with Crippen LogP contribution in [-0.2, 0) is 34.4 Å². The second-order valence-corrected chi connectivity index (χ2v) is 6.18. The number of aliphatic imine (C=N–C) groups is 1. The van der Waals surface area contributed by atoms with E-state index >= 15 is 0 Å². The Morgan fingerprint density at radius 2 is 2.00 bits per heavy atom. The molecule has 3 heterocycles. The van der Waals surface area contributed by atoms with Gasteiger partial charge in [0.2, 0.25) is 0 Å². The van der Waals surface area contributed by atoms with Crippen molar-refractivity contribution in [3.63, 3.8) is 0 Å². The van der Waals surface area contributed by atoms with Crippen LogP contribution in [0.2, 0.25) is 0 Å². The molecule has 1 saturated heterocycles. The Kier molecular flexibility index (Phi) is 5.25. The van der Waals surface area contributed by atoms with Gasteiger partial charge in [0, 0.05) is 21.0 Å². The number of nitrogens with zero attached hydrogens (tertiary/aromatic N) is 3.